The Kier molecular flexibility index (Phi) is 3.62. The molecule has 1 aromatic carbocycles. The largest absolute Gasteiger partial charge is 0.873 e. The molecule has 0 aliphatic heterocycles. The second-order valence-electron chi connectivity index (χ2n) is 2.73. The van der Waals surface area contributed by atoms with Crippen LogP contribution in [0.1, 0.15) is 18.9 Å². The summed E-state index contributed by atoms with van der Waals surface area (Å²) in [5, 5.41) is 22.5. The molecule has 2 nitrogen and oxygen atoms in total. The zero-order chi connectivity index (χ0) is 10.0. The molecule has 13 heavy (non-hydrogen) atoms. The van der Waals surface area contributed by atoms with Gasteiger partial charge in [0.15, 0.2) is 0 Å². The summed E-state index contributed by atoms with van der Waals surface area (Å²) in [5.41, 5.74) is 0.571. The monoisotopic (exact) mass is 306 g/mol. The molecule has 0 saturated carbocycles. The van der Waals surface area contributed by atoms with Gasteiger partial charge < -0.3 is 10.2 Å². The summed E-state index contributed by atoms with van der Waals surface area (Å²) in [4.78, 5) is 0. The molecule has 0 spiro atoms. The molecule has 0 aliphatic rings. The van der Waals surface area contributed by atoms with Crippen LogP contribution in [0.5, 0.6) is 11.5 Å². The Morgan fingerprint density at radius 2 is 1.92 bits per heavy atom. The van der Waals surface area contributed by atoms with Gasteiger partial charge in [-0.15, -0.1) is 11.5 Å². The van der Waals surface area contributed by atoms with Crippen LogP contribution in [0.25, 0.3) is 0 Å². The van der Waals surface area contributed by atoms with Gasteiger partial charge in [0.25, 0.3) is 0 Å². The molecule has 4 heteroatoms. The van der Waals surface area contributed by atoms with Crippen molar-refractivity contribution in [1.82, 2.24) is 0 Å². The molecule has 0 bridgehead atoms. The van der Waals surface area contributed by atoms with Gasteiger partial charge in [-0.25, -0.2) is 0 Å². The fourth-order valence-electron chi connectivity index (χ4n) is 1.11. The van der Waals surface area contributed by atoms with E-state index in [9.17, 15) is 10.2 Å². The highest BCUT2D eigenvalue weighted by molar-refractivity contribution is 9.13. The Hall–Kier alpha value is -0.220. The molecule has 0 N–H and O–H groups in total. The van der Waals surface area contributed by atoms with Gasteiger partial charge in [0.1, 0.15) is 0 Å². The van der Waals surface area contributed by atoms with Crippen molar-refractivity contribution in [2.75, 3.05) is 0 Å². The maximum absolute atomic E-state index is 11.4. The SMILES string of the molecule is CCCc1c([O-])c([O-])cc(Br)c1Br. The summed E-state index contributed by atoms with van der Waals surface area (Å²) in [6, 6.07) is 1.30. The third-order valence-electron chi connectivity index (χ3n) is 1.73. The lowest BCUT2D eigenvalue weighted by atomic mass is 10.1. The first kappa shape index (κ1) is 10.9. The van der Waals surface area contributed by atoms with Crippen molar-refractivity contribution >= 4 is 31.9 Å². The zero-order valence-corrected chi connectivity index (χ0v) is 10.2. The van der Waals surface area contributed by atoms with Gasteiger partial charge in [-0.1, -0.05) is 19.4 Å². The summed E-state index contributed by atoms with van der Waals surface area (Å²) in [7, 11) is 0. The molecule has 0 amide bonds. The molecule has 0 radical (unpaired) electrons. The normalized spacial score (nSPS) is 10.4. The fourth-order valence-corrected chi connectivity index (χ4v) is 2.05. The van der Waals surface area contributed by atoms with E-state index < -0.39 is 11.5 Å². The van der Waals surface area contributed by atoms with Gasteiger partial charge >= 0.3 is 0 Å². The van der Waals surface area contributed by atoms with Crippen LogP contribution in [0, 0.1) is 0 Å². The van der Waals surface area contributed by atoms with Gasteiger partial charge in [0.2, 0.25) is 0 Å². The number of benzene rings is 1. The van der Waals surface area contributed by atoms with Crippen LogP contribution in [0.3, 0.4) is 0 Å². The van der Waals surface area contributed by atoms with Crippen LogP contribution in [0.15, 0.2) is 15.0 Å². The molecule has 1 aromatic rings. The van der Waals surface area contributed by atoms with Gasteiger partial charge in [-0.2, -0.15) is 0 Å². The third-order valence-corrected chi connectivity index (χ3v) is 3.79. The molecule has 72 valence electrons. The van der Waals surface area contributed by atoms with E-state index in [2.05, 4.69) is 31.9 Å². The standard InChI is InChI=1S/C9H10Br2O2/c1-2-3-5-8(11)6(10)4-7(12)9(5)13/h4,12-13H,2-3H2,1H3/p-2. The first-order chi connectivity index (χ1) is 6.07. The highest BCUT2D eigenvalue weighted by atomic mass is 79.9. The van der Waals surface area contributed by atoms with E-state index in [1.165, 1.54) is 6.07 Å². The van der Waals surface area contributed by atoms with E-state index in [4.69, 9.17) is 0 Å². The van der Waals surface area contributed by atoms with Crippen LogP contribution in [-0.4, -0.2) is 0 Å². The molecule has 0 unspecified atom stereocenters. The molecular formula is C9H8Br2O2-2. The second-order valence-corrected chi connectivity index (χ2v) is 4.38. The predicted molar refractivity (Wildman–Crippen MR) is 54.7 cm³/mol. The molecule has 1 rings (SSSR count). The van der Waals surface area contributed by atoms with E-state index >= 15 is 0 Å². The van der Waals surface area contributed by atoms with Crippen molar-refractivity contribution in [1.29, 1.82) is 0 Å². The predicted octanol–water partition coefficient (Wildman–Crippen LogP) is 2.31. The Bertz CT molecular complexity index is 298. The Balaban J connectivity index is 3.28. The fraction of sp³-hybridized carbons (Fsp3) is 0.333. The van der Waals surface area contributed by atoms with Gasteiger partial charge in [0, 0.05) is 8.95 Å². The Labute approximate surface area is 93.8 Å². The maximum atomic E-state index is 11.4. The summed E-state index contributed by atoms with van der Waals surface area (Å²) in [6.07, 6.45) is 1.48. The molecule has 0 saturated heterocycles. The average molecular weight is 308 g/mol. The number of halogens is 2. The number of hydrogen-bond donors (Lipinski definition) is 0. The number of rotatable bonds is 2. The lowest BCUT2D eigenvalue weighted by Crippen LogP contribution is -2.04. The maximum Gasteiger partial charge on any atom is 0.0342 e. The number of hydrogen-bond acceptors (Lipinski definition) is 2. The van der Waals surface area contributed by atoms with Crippen LogP contribution in [0.4, 0.5) is 0 Å². The van der Waals surface area contributed by atoms with Crippen molar-refractivity contribution < 1.29 is 10.2 Å². The van der Waals surface area contributed by atoms with Crippen LogP contribution < -0.4 is 10.2 Å². The Morgan fingerprint density at radius 3 is 2.46 bits per heavy atom. The third kappa shape index (κ3) is 2.17. The van der Waals surface area contributed by atoms with E-state index in [1.54, 1.807) is 0 Å². The van der Waals surface area contributed by atoms with E-state index in [1.807, 2.05) is 6.92 Å². The van der Waals surface area contributed by atoms with Crippen molar-refractivity contribution in [3.63, 3.8) is 0 Å². The molecule has 0 aromatic heterocycles. The van der Waals surface area contributed by atoms with Crippen molar-refractivity contribution in [3.05, 3.63) is 20.6 Å². The van der Waals surface area contributed by atoms with Crippen LogP contribution in [0.2, 0.25) is 0 Å². The van der Waals surface area contributed by atoms with Crippen LogP contribution >= 0.6 is 31.9 Å². The first-order valence-electron chi connectivity index (χ1n) is 3.92. The molecule has 0 fully saturated rings. The topological polar surface area (TPSA) is 46.1 Å². The highest BCUT2D eigenvalue weighted by Crippen LogP contribution is 2.37. The minimum absolute atomic E-state index is 0.392. The summed E-state index contributed by atoms with van der Waals surface area (Å²) in [6.45, 7) is 1.97. The summed E-state index contributed by atoms with van der Waals surface area (Å²) < 4.78 is 1.36. The Morgan fingerprint density at radius 1 is 1.31 bits per heavy atom. The average Bonchev–Trinajstić information content (AvgIpc) is 2.09. The van der Waals surface area contributed by atoms with E-state index in [0.29, 0.717) is 20.9 Å². The summed E-state index contributed by atoms with van der Waals surface area (Å²) >= 11 is 6.50. The molecule has 0 atom stereocenters. The molecule has 0 aliphatic carbocycles. The lowest BCUT2D eigenvalue weighted by molar-refractivity contribution is -0.318. The molecular weight excluding hydrogens is 300 g/mol. The van der Waals surface area contributed by atoms with E-state index in [0.717, 1.165) is 6.42 Å². The zero-order valence-electron chi connectivity index (χ0n) is 7.06. The van der Waals surface area contributed by atoms with Gasteiger partial charge in [-0.3, -0.25) is 0 Å². The van der Waals surface area contributed by atoms with Gasteiger partial charge in [-0.05, 0) is 43.8 Å². The lowest BCUT2D eigenvalue weighted by Gasteiger charge is -2.24. The van der Waals surface area contributed by atoms with Crippen molar-refractivity contribution in [2.24, 2.45) is 0 Å². The first-order valence-corrected chi connectivity index (χ1v) is 5.51. The van der Waals surface area contributed by atoms with E-state index in [-0.39, 0.29) is 0 Å². The minimum Gasteiger partial charge on any atom is -0.873 e. The molecule has 0 heterocycles. The smallest absolute Gasteiger partial charge is 0.0342 e. The quantitative estimate of drug-likeness (QED) is 0.841. The van der Waals surface area contributed by atoms with Crippen molar-refractivity contribution in [2.45, 2.75) is 19.8 Å². The summed E-state index contributed by atoms with van der Waals surface area (Å²) in [5.74, 6) is -0.838. The van der Waals surface area contributed by atoms with Crippen LogP contribution in [-0.2, 0) is 6.42 Å². The highest BCUT2D eigenvalue weighted by Gasteiger charge is 2.04. The minimum atomic E-state index is -0.446. The van der Waals surface area contributed by atoms with Crippen molar-refractivity contribution in [3.8, 4) is 11.5 Å². The van der Waals surface area contributed by atoms with Gasteiger partial charge in [0.05, 0.1) is 0 Å². The second kappa shape index (κ2) is 4.33.